The maximum absolute atomic E-state index is 11.5. The van der Waals surface area contributed by atoms with Gasteiger partial charge in [0.05, 0.1) is 4.92 Å². The number of nitrogens with zero attached hydrogens (tertiary/aromatic N) is 2. The highest BCUT2D eigenvalue weighted by Crippen LogP contribution is 2.36. The lowest BCUT2D eigenvalue weighted by molar-refractivity contribution is -0.384. The minimum atomic E-state index is -0.947. The van der Waals surface area contributed by atoms with Gasteiger partial charge in [0.2, 0.25) is 0 Å². The Kier molecular flexibility index (Phi) is 4.67. The molecular weight excluding hydrogens is 296 g/mol. The first-order chi connectivity index (χ1) is 9.93. The quantitative estimate of drug-likeness (QED) is 0.681. The van der Waals surface area contributed by atoms with E-state index in [1.165, 1.54) is 12.1 Å². The number of nitro groups is 1. The third-order valence-electron chi connectivity index (χ3n) is 4.02. The van der Waals surface area contributed by atoms with Gasteiger partial charge in [-0.15, -0.1) is 0 Å². The first-order valence-corrected chi connectivity index (χ1v) is 7.25. The van der Waals surface area contributed by atoms with Gasteiger partial charge in [0, 0.05) is 17.6 Å². The van der Waals surface area contributed by atoms with E-state index in [0.717, 1.165) is 12.8 Å². The summed E-state index contributed by atoms with van der Waals surface area (Å²) in [5.41, 5.74) is 0.176. The Bertz CT molecular complexity index is 564. The second kappa shape index (κ2) is 6.30. The monoisotopic (exact) mass is 312 g/mol. The number of hydrogen-bond donors (Lipinski definition) is 1. The summed E-state index contributed by atoms with van der Waals surface area (Å²) in [6, 6.07) is 3.61. The van der Waals surface area contributed by atoms with E-state index >= 15 is 0 Å². The van der Waals surface area contributed by atoms with Crippen LogP contribution in [0.5, 0.6) is 0 Å². The molecule has 1 fully saturated rings. The molecule has 2 atom stereocenters. The first kappa shape index (κ1) is 15.6. The van der Waals surface area contributed by atoms with Crippen molar-refractivity contribution < 1.29 is 14.8 Å². The summed E-state index contributed by atoms with van der Waals surface area (Å²) in [5, 5.41) is 20.9. The third kappa shape index (κ3) is 3.26. The zero-order valence-corrected chi connectivity index (χ0v) is 12.4. The molecule has 0 amide bonds. The average Bonchev–Trinajstić information content (AvgIpc) is 2.46. The number of piperidine rings is 1. The van der Waals surface area contributed by atoms with Crippen LogP contribution in [-0.2, 0) is 4.79 Å². The van der Waals surface area contributed by atoms with Crippen molar-refractivity contribution >= 4 is 28.9 Å². The van der Waals surface area contributed by atoms with E-state index in [2.05, 4.69) is 0 Å². The molecule has 6 nitrogen and oxygen atoms in total. The lowest BCUT2D eigenvalue weighted by Gasteiger charge is -2.38. The van der Waals surface area contributed by atoms with Gasteiger partial charge in [0.25, 0.3) is 5.69 Å². The molecule has 1 aliphatic heterocycles. The van der Waals surface area contributed by atoms with Crippen LogP contribution >= 0.6 is 11.6 Å². The Hall–Kier alpha value is -1.82. The summed E-state index contributed by atoms with van der Waals surface area (Å²) in [5.74, 6) is -0.605. The summed E-state index contributed by atoms with van der Waals surface area (Å²) in [4.78, 5) is 23.8. The van der Waals surface area contributed by atoms with E-state index in [4.69, 9.17) is 11.6 Å². The summed E-state index contributed by atoms with van der Waals surface area (Å²) < 4.78 is 0. The highest BCUT2D eigenvalue weighted by molar-refractivity contribution is 6.30. The molecule has 1 aromatic carbocycles. The molecular formula is C14H17ClN2O4. The molecule has 1 saturated heterocycles. The van der Waals surface area contributed by atoms with Gasteiger partial charge in [-0.1, -0.05) is 24.9 Å². The molecule has 2 unspecified atom stereocenters. The van der Waals surface area contributed by atoms with Crippen molar-refractivity contribution in [2.75, 3.05) is 11.4 Å². The third-order valence-corrected chi connectivity index (χ3v) is 4.25. The zero-order chi connectivity index (χ0) is 15.6. The van der Waals surface area contributed by atoms with Crippen molar-refractivity contribution in [2.45, 2.75) is 32.2 Å². The minimum absolute atomic E-state index is 0.149. The Morgan fingerprint density at radius 2 is 2.29 bits per heavy atom. The maximum atomic E-state index is 11.5. The summed E-state index contributed by atoms with van der Waals surface area (Å²) in [6.07, 6.45) is 2.26. The van der Waals surface area contributed by atoms with E-state index in [9.17, 15) is 20.0 Å². The summed E-state index contributed by atoms with van der Waals surface area (Å²) in [7, 11) is 0. The normalized spacial score (nSPS) is 22.1. The highest BCUT2D eigenvalue weighted by Gasteiger charge is 2.35. The fourth-order valence-electron chi connectivity index (χ4n) is 2.82. The number of hydrogen-bond acceptors (Lipinski definition) is 4. The number of rotatable bonds is 4. The smallest absolute Gasteiger partial charge is 0.326 e. The summed E-state index contributed by atoms with van der Waals surface area (Å²) in [6.45, 7) is 2.53. The maximum Gasteiger partial charge on any atom is 0.326 e. The van der Waals surface area contributed by atoms with Crippen molar-refractivity contribution in [2.24, 2.45) is 5.92 Å². The Morgan fingerprint density at radius 1 is 1.57 bits per heavy atom. The van der Waals surface area contributed by atoms with Crippen LogP contribution in [0.4, 0.5) is 11.4 Å². The predicted molar refractivity (Wildman–Crippen MR) is 79.9 cm³/mol. The molecule has 0 spiro atoms. The number of halogens is 1. The molecule has 21 heavy (non-hydrogen) atoms. The molecule has 1 aromatic rings. The highest BCUT2D eigenvalue weighted by atomic mass is 35.5. The number of nitro benzene ring substituents is 1. The standard InChI is InChI=1S/C14H17ClN2O4/c1-2-9-5-6-16(13(7-9)14(18)19)11-4-3-10(15)8-12(11)17(20)21/h3-4,8-9,13H,2,5-7H2,1H3,(H,18,19). The van der Waals surface area contributed by atoms with Crippen LogP contribution in [0.2, 0.25) is 5.02 Å². The molecule has 0 aliphatic carbocycles. The van der Waals surface area contributed by atoms with Gasteiger partial charge in [-0.25, -0.2) is 4.79 Å². The van der Waals surface area contributed by atoms with Crippen LogP contribution in [0.25, 0.3) is 0 Å². The largest absolute Gasteiger partial charge is 0.480 e. The zero-order valence-electron chi connectivity index (χ0n) is 11.7. The number of benzene rings is 1. The van der Waals surface area contributed by atoms with Crippen molar-refractivity contribution in [3.8, 4) is 0 Å². The minimum Gasteiger partial charge on any atom is -0.480 e. The molecule has 7 heteroatoms. The van der Waals surface area contributed by atoms with E-state index < -0.39 is 16.9 Å². The molecule has 1 N–H and O–H groups in total. The van der Waals surface area contributed by atoms with E-state index in [1.807, 2.05) is 6.92 Å². The van der Waals surface area contributed by atoms with Gasteiger partial charge < -0.3 is 10.0 Å². The van der Waals surface area contributed by atoms with Crippen LogP contribution in [-0.4, -0.2) is 28.6 Å². The van der Waals surface area contributed by atoms with Gasteiger partial charge in [-0.2, -0.15) is 0 Å². The molecule has 1 aliphatic rings. The van der Waals surface area contributed by atoms with Crippen molar-refractivity contribution in [3.63, 3.8) is 0 Å². The molecule has 0 radical (unpaired) electrons. The summed E-state index contributed by atoms with van der Waals surface area (Å²) >= 11 is 5.81. The van der Waals surface area contributed by atoms with Crippen molar-refractivity contribution in [1.82, 2.24) is 0 Å². The van der Waals surface area contributed by atoms with Crippen LogP contribution < -0.4 is 4.90 Å². The SMILES string of the molecule is CCC1CCN(c2ccc(Cl)cc2[N+](=O)[O-])C(C(=O)O)C1. The van der Waals surface area contributed by atoms with Crippen LogP contribution in [0.15, 0.2) is 18.2 Å². The fraction of sp³-hybridized carbons (Fsp3) is 0.500. The van der Waals surface area contributed by atoms with Gasteiger partial charge in [-0.3, -0.25) is 10.1 Å². The number of aliphatic carboxylic acids is 1. The van der Waals surface area contributed by atoms with Crippen molar-refractivity contribution in [3.05, 3.63) is 33.3 Å². The Labute approximate surface area is 127 Å². The van der Waals surface area contributed by atoms with Crippen LogP contribution in [0.3, 0.4) is 0 Å². The van der Waals surface area contributed by atoms with Gasteiger partial charge >= 0.3 is 5.97 Å². The lowest BCUT2D eigenvalue weighted by atomic mass is 9.88. The van der Waals surface area contributed by atoms with E-state index in [-0.39, 0.29) is 10.7 Å². The number of carboxylic acid groups (broad SMARTS) is 1. The average molecular weight is 313 g/mol. The molecule has 0 saturated carbocycles. The van der Waals surface area contributed by atoms with Crippen LogP contribution in [0.1, 0.15) is 26.2 Å². The molecule has 2 rings (SSSR count). The Balaban J connectivity index is 2.40. The van der Waals surface area contributed by atoms with Crippen molar-refractivity contribution in [1.29, 1.82) is 0 Å². The molecule has 0 bridgehead atoms. The number of carbonyl (C=O) groups is 1. The van der Waals surface area contributed by atoms with Gasteiger partial charge in [-0.05, 0) is 30.9 Å². The molecule has 114 valence electrons. The van der Waals surface area contributed by atoms with Gasteiger partial charge in [0.15, 0.2) is 0 Å². The second-order valence-electron chi connectivity index (χ2n) is 5.24. The van der Waals surface area contributed by atoms with Gasteiger partial charge in [0.1, 0.15) is 11.7 Å². The Morgan fingerprint density at radius 3 is 2.86 bits per heavy atom. The number of carboxylic acids is 1. The number of anilines is 1. The topological polar surface area (TPSA) is 83.7 Å². The molecule has 0 aromatic heterocycles. The predicted octanol–water partition coefficient (Wildman–Crippen LogP) is 3.33. The first-order valence-electron chi connectivity index (χ1n) is 6.87. The van der Waals surface area contributed by atoms with E-state index in [1.54, 1.807) is 11.0 Å². The fourth-order valence-corrected chi connectivity index (χ4v) is 2.98. The van der Waals surface area contributed by atoms with E-state index in [0.29, 0.717) is 24.6 Å². The van der Waals surface area contributed by atoms with Crippen LogP contribution in [0, 0.1) is 16.0 Å². The molecule has 1 heterocycles. The second-order valence-corrected chi connectivity index (χ2v) is 5.67. The lowest BCUT2D eigenvalue weighted by Crippen LogP contribution is -2.47.